The smallest absolute Gasteiger partial charge is 0.269 e. The Balaban J connectivity index is 2.90. The summed E-state index contributed by atoms with van der Waals surface area (Å²) in [6, 6.07) is 2.54. The summed E-state index contributed by atoms with van der Waals surface area (Å²) in [5.41, 5.74) is -0.403. The number of hydrogen-bond acceptors (Lipinski definition) is 2. The van der Waals surface area contributed by atoms with E-state index >= 15 is 0 Å². The van der Waals surface area contributed by atoms with Crippen molar-refractivity contribution in [3.05, 3.63) is 32.8 Å². The third-order valence-electron chi connectivity index (χ3n) is 2.27. The van der Waals surface area contributed by atoms with Crippen LogP contribution < -0.4 is 16.0 Å². The van der Waals surface area contributed by atoms with E-state index in [9.17, 15) is 9.59 Å². The summed E-state index contributed by atoms with van der Waals surface area (Å²) in [5.74, 6) is 0. The largest absolute Gasteiger partial charge is 0.317 e. The summed E-state index contributed by atoms with van der Waals surface area (Å²) < 4.78 is 1.35. The van der Waals surface area contributed by atoms with Crippen molar-refractivity contribution < 1.29 is 4.90 Å². The van der Waals surface area contributed by atoms with Crippen LogP contribution in [0.5, 0.6) is 0 Å². The molecule has 0 aliphatic carbocycles. The standard InChI is InChI=1S/C9H15N3O2/c1-3-11(4-2)7-12-9(14)6-5-8(13)10-12/h5-6H,3-4,7H2,1-2H3,(H,10,13)/p+1. The molecule has 0 bridgehead atoms. The molecule has 1 aromatic heterocycles. The predicted octanol–water partition coefficient (Wildman–Crippen LogP) is -1.58. The second-order valence-corrected chi connectivity index (χ2v) is 3.19. The van der Waals surface area contributed by atoms with Crippen LogP contribution in [-0.4, -0.2) is 22.9 Å². The Morgan fingerprint density at radius 1 is 1.29 bits per heavy atom. The lowest BCUT2D eigenvalue weighted by Crippen LogP contribution is -3.11. The minimum absolute atomic E-state index is 0.163. The average molecular weight is 198 g/mol. The first-order valence-corrected chi connectivity index (χ1v) is 4.81. The SMILES string of the molecule is CC[NH+](CC)Cn1[nH]c(=O)ccc1=O. The van der Waals surface area contributed by atoms with Crippen molar-refractivity contribution in [3.8, 4) is 0 Å². The second-order valence-electron chi connectivity index (χ2n) is 3.19. The van der Waals surface area contributed by atoms with Crippen LogP contribution in [0.4, 0.5) is 0 Å². The summed E-state index contributed by atoms with van der Waals surface area (Å²) in [5, 5.41) is 2.50. The first kappa shape index (κ1) is 10.7. The van der Waals surface area contributed by atoms with Gasteiger partial charge in [-0.15, -0.1) is 0 Å². The molecule has 1 aromatic rings. The number of H-pyrrole nitrogens is 1. The van der Waals surface area contributed by atoms with Crippen molar-refractivity contribution in [2.24, 2.45) is 0 Å². The highest BCUT2D eigenvalue weighted by molar-refractivity contribution is 4.85. The fraction of sp³-hybridized carbons (Fsp3) is 0.556. The van der Waals surface area contributed by atoms with Gasteiger partial charge in [-0.2, -0.15) is 4.68 Å². The lowest BCUT2D eigenvalue weighted by Gasteiger charge is -2.15. The normalized spacial score (nSPS) is 10.8. The van der Waals surface area contributed by atoms with Crippen LogP contribution in [-0.2, 0) is 6.67 Å². The number of nitrogens with one attached hydrogen (secondary N) is 2. The van der Waals surface area contributed by atoms with E-state index in [4.69, 9.17) is 0 Å². The summed E-state index contributed by atoms with van der Waals surface area (Å²) >= 11 is 0. The topological polar surface area (TPSA) is 59.3 Å². The molecular weight excluding hydrogens is 182 g/mol. The average Bonchev–Trinajstić information content (AvgIpc) is 2.19. The molecule has 14 heavy (non-hydrogen) atoms. The maximum Gasteiger partial charge on any atom is 0.269 e. The molecule has 2 N–H and O–H groups in total. The molecule has 0 saturated carbocycles. The minimum Gasteiger partial charge on any atom is -0.317 e. The first-order valence-electron chi connectivity index (χ1n) is 4.81. The molecule has 5 nitrogen and oxygen atoms in total. The zero-order chi connectivity index (χ0) is 10.6. The highest BCUT2D eigenvalue weighted by Crippen LogP contribution is 1.64. The van der Waals surface area contributed by atoms with E-state index in [0.29, 0.717) is 6.67 Å². The molecule has 0 unspecified atom stereocenters. The molecule has 0 atom stereocenters. The van der Waals surface area contributed by atoms with Gasteiger partial charge in [-0.25, -0.2) is 0 Å². The van der Waals surface area contributed by atoms with Crippen molar-refractivity contribution in [1.82, 2.24) is 9.78 Å². The Labute approximate surface area is 82.0 Å². The molecule has 0 fully saturated rings. The first-order chi connectivity index (χ1) is 6.67. The summed E-state index contributed by atoms with van der Waals surface area (Å²) in [4.78, 5) is 23.5. The number of aromatic amines is 1. The van der Waals surface area contributed by atoms with Crippen LogP contribution in [0.25, 0.3) is 0 Å². The molecule has 0 amide bonds. The van der Waals surface area contributed by atoms with Crippen molar-refractivity contribution in [3.63, 3.8) is 0 Å². The van der Waals surface area contributed by atoms with Gasteiger partial charge in [0, 0.05) is 12.1 Å². The third kappa shape index (κ3) is 2.56. The Hall–Kier alpha value is -1.36. The third-order valence-corrected chi connectivity index (χ3v) is 2.27. The number of rotatable bonds is 4. The number of hydrogen-bond donors (Lipinski definition) is 2. The summed E-state index contributed by atoms with van der Waals surface area (Å²) in [6.45, 7) is 6.47. The molecule has 5 heteroatoms. The van der Waals surface area contributed by atoms with Gasteiger partial charge in [0.25, 0.3) is 11.1 Å². The van der Waals surface area contributed by atoms with E-state index in [1.165, 1.54) is 21.7 Å². The van der Waals surface area contributed by atoms with Crippen molar-refractivity contribution in [2.75, 3.05) is 13.1 Å². The fourth-order valence-corrected chi connectivity index (χ4v) is 1.28. The number of aromatic nitrogens is 2. The maximum atomic E-state index is 11.3. The highest BCUT2D eigenvalue weighted by Gasteiger charge is 2.04. The van der Waals surface area contributed by atoms with E-state index in [1.807, 2.05) is 13.8 Å². The molecule has 0 aliphatic rings. The highest BCUT2D eigenvalue weighted by atomic mass is 16.1. The van der Waals surface area contributed by atoms with Gasteiger partial charge in [0.1, 0.15) is 0 Å². The Morgan fingerprint density at radius 3 is 2.50 bits per heavy atom. The van der Waals surface area contributed by atoms with Gasteiger partial charge in [0.2, 0.25) is 0 Å². The van der Waals surface area contributed by atoms with Crippen LogP contribution in [0, 0.1) is 0 Å². The van der Waals surface area contributed by atoms with Gasteiger partial charge < -0.3 is 4.90 Å². The monoisotopic (exact) mass is 198 g/mol. The molecule has 0 saturated heterocycles. The van der Waals surface area contributed by atoms with Gasteiger partial charge in [0.15, 0.2) is 6.67 Å². The Bertz CT molecular complexity index is 390. The van der Waals surface area contributed by atoms with E-state index in [2.05, 4.69) is 5.10 Å². The van der Waals surface area contributed by atoms with Gasteiger partial charge >= 0.3 is 0 Å². The predicted molar refractivity (Wildman–Crippen MR) is 53.4 cm³/mol. The summed E-state index contributed by atoms with van der Waals surface area (Å²) in [7, 11) is 0. The van der Waals surface area contributed by atoms with Crippen LogP contribution in [0.1, 0.15) is 13.8 Å². The zero-order valence-corrected chi connectivity index (χ0v) is 8.54. The molecule has 0 aromatic carbocycles. The van der Waals surface area contributed by atoms with Crippen molar-refractivity contribution >= 4 is 0 Å². The number of nitrogens with zero attached hydrogens (tertiary/aromatic N) is 1. The second kappa shape index (κ2) is 4.76. The van der Waals surface area contributed by atoms with E-state index in [0.717, 1.165) is 13.1 Å². The molecule has 1 heterocycles. The summed E-state index contributed by atoms with van der Waals surface area (Å²) in [6.07, 6.45) is 0. The van der Waals surface area contributed by atoms with Crippen molar-refractivity contribution in [1.29, 1.82) is 0 Å². The Morgan fingerprint density at radius 2 is 1.93 bits per heavy atom. The quantitative estimate of drug-likeness (QED) is 0.613. The zero-order valence-electron chi connectivity index (χ0n) is 8.54. The van der Waals surface area contributed by atoms with E-state index in [1.54, 1.807) is 0 Å². The van der Waals surface area contributed by atoms with Crippen LogP contribution in [0.15, 0.2) is 21.7 Å². The molecule has 0 aliphatic heterocycles. The van der Waals surface area contributed by atoms with Crippen LogP contribution >= 0.6 is 0 Å². The van der Waals surface area contributed by atoms with Crippen LogP contribution in [0.3, 0.4) is 0 Å². The minimum atomic E-state index is -0.240. The molecule has 78 valence electrons. The van der Waals surface area contributed by atoms with E-state index < -0.39 is 0 Å². The van der Waals surface area contributed by atoms with E-state index in [-0.39, 0.29) is 11.1 Å². The maximum absolute atomic E-state index is 11.3. The molecule has 0 spiro atoms. The fourth-order valence-electron chi connectivity index (χ4n) is 1.28. The number of quaternary nitrogens is 1. The van der Waals surface area contributed by atoms with Crippen molar-refractivity contribution in [2.45, 2.75) is 20.5 Å². The van der Waals surface area contributed by atoms with Gasteiger partial charge in [-0.3, -0.25) is 14.7 Å². The van der Waals surface area contributed by atoms with Gasteiger partial charge in [-0.05, 0) is 13.8 Å². The molecule has 0 radical (unpaired) electrons. The molecule has 1 rings (SSSR count). The van der Waals surface area contributed by atoms with Crippen LogP contribution in [0.2, 0.25) is 0 Å². The lowest BCUT2D eigenvalue weighted by molar-refractivity contribution is -0.920. The molecular formula is C9H16N3O2+. The van der Waals surface area contributed by atoms with Gasteiger partial charge in [0.05, 0.1) is 13.1 Å². The Kier molecular flexibility index (Phi) is 3.64. The van der Waals surface area contributed by atoms with Gasteiger partial charge in [-0.1, -0.05) is 0 Å². The lowest BCUT2D eigenvalue weighted by atomic mass is 10.5.